The third-order valence-corrected chi connectivity index (χ3v) is 4.86. The van der Waals surface area contributed by atoms with Crippen molar-refractivity contribution in [2.75, 3.05) is 12.9 Å². The number of ether oxygens (including phenoxy) is 1. The van der Waals surface area contributed by atoms with Gasteiger partial charge in [-0.05, 0) is 37.6 Å². The number of thioether (sulfide) groups is 1. The maximum absolute atomic E-state index is 12.2. The molecule has 2 rings (SSSR count). The molecule has 0 heterocycles. The van der Waals surface area contributed by atoms with Gasteiger partial charge in [0, 0.05) is 16.3 Å². The molecule has 24 heavy (non-hydrogen) atoms. The van der Waals surface area contributed by atoms with Crippen molar-refractivity contribution >= 4 is 29.3 Å². The van der Waals surface area contributed by atoms with Crippen molar-refractivity contribution in [2.24, 2.45) is 0 Å². The average molecular weight is 364 g/mol. The normalized spacial score (nSPS) is 11.8. The van der Waals surface area contributed by atoms with E-state index in [1.54, 1.807) is 18.9 Å². The Balaban J connectivity index is 1.87. The SMILES string of the molecule is COc1ccc(C)cc1[C@@H](C)NC(=O)CSCc1cccc(Cl)c1. The summed E-state index contributed by atoms with van der Waals surface area (Å²) >= 11 is 7.54. The molecule has 0 unspecified atom stereocenters. The molecule has 0 aliphatic carbocycles. The van der Waals surface area contributed by atoms with Crippen LogP contribution in [0.5, 0.6) is 5.75 Å². The summed E-state index contributed by atoms with van der Waals surface area (Å²) in [5.74, 6) is 1.97. The summed E-state index contributed by atoms with van der Waals surface area (Å²) in [5, 5.41) is 3.75. The molecule has 2 aromatic carbocycles. The van der Waals surface area contributed by atoms with Gasteiger partial charge in [0.15, 0.2) is 0 Å². The molecule has 2 aromatic rings. The molecule has 0 saturated carbocycles. The fraction of sp³-hybridized carbons (Fsp3) is 0.316. The van der Waals surface area contributed by atoms with Crippen molar-refractivity contribution in [2.45, 2.75) is 25.6 Å². The Hall–Kier alpha value is -1.65. The molecule has 0 aliphatic rings. The number of rotatable bonds is 7. The second kappa shape index (κ2) is 9.00. The summed E-state index contributed by atoms with van der Waals surface area (Å²) in [6.45, 7) is 4.00. The standard InChI is InChI=1S/C19H22ClNO2S/c1-13-7-8-18(23-3)17(9-13)14(2)21-19(22)12-24-11-15-5-4-6-16(20)10-15/h4-10,14H,11-12H2,1-3H3,(H,21,22)/t14-/m1/s1. The Bertz CT molecular complexity index is 706. The molecular weight excluding hydrogens is 342 g/mol. The van der Waals surface area contributed by atoms with Crippen LogP contribution in [0.25, 0.3) is 0 Å². The predicted molar refractivity (Wildman–Crippen MR) is 102 cm³/mol. The number of nitrogens with one attached hydrogen (secondary N) is 1. The highest BCUT2D eigenvalue weighted by molar-refractivity contribution is 7.99. The van der Waals surface area contributed by atoms with E-state index in [0.29, 0.717) is 5.75 Å². The molecule has 0 saturated heterocycles. The van der Waals surface area contributed by atoms with Crippen LogP contribution in [0.15, 0.2) is 42.5 Å². The van der Waals surface area contributed by atoms with Crippen molar-refractivity contribution in [3.63, 3.8) is 0 Å². The van der Waals surface area contributed by atoms with E-state index in [0.717, 1.165) is 33.2 Å². The first-order valence-corrected chi connectivity index (χ1v) is 9.29. The average Bonchev–Trinajstić information content (AvgIpc) is 2.54. The van der Waals surface area contributed by atoms with Crippen molar-refractivity contribution in [1.82, 2.24) is 5.32 Å². The number of hydrogen-bond acceptors (Lipinski definition) is 3. The summed E-state index contributed by atoms with van der Waals surface area (Å²) in [6.07, 6.45) is 0. The lowest BCUT2D eigenvalue weighted by molar-refractivity contribution is -0.119. The van der Waals surface area contributed by atoms with Crippen LogP contribution in [0.1, 0.15) is 29.7 Å². The number of carbonyl (C=O) groups excluding carboxylic acids is 1. The van der Waals surface area contributed by atoms with Gasteiger partial charge in [-0.1, -0.05) is 41.4 Å². The number of hydrogen-bond donors (Lipinski definition) is 1. The second-order valence-electron chi connectivity index (χ2n) is 5.66. The molecule has 0 spiro atoms. The van der Waals surface area contributed by atoms with E-state index in [2.05, 4.69) is 5.32 Å². The van der Waals surface area contributed by atoms with Gasteiger partial charge in [0.05, 0.1) is 18.9 Å². The summed E-state index contributed by atoms with van der Waals surface area (Å²) in [7, 11) is 1.64. The minimum Gasteiger partial charge on any atom is -0.496 e. The van der Waals surface area contributed by atoms with Crippen LogP contribution in [0.4, 0.5) is 0 Å². The fourth-order valence-electron chi connectivity index (χ4n) is 2.44. The molecule has 1 amide bonds. The van der Waals surface area contributed by atoms with Crippen LogP contribution in [0.3, 0.4) is 0 Å². The van der Waals surface area contributed by atoms with Crippen LogP contribution >= 0.6 is 23.4 Å². The summed E-state index contributed by atoms with van der Waals surface area (Å²) < 4.78 is 5.38. The van der Waals surface area contributed by atoms with Crippen LogP contribution in [0.2, 0.25) is 5.02 Å². The van der Waals surface area contributed by atoms with E-state index >= 15 is 0 Å². The molecule has 0 fully saturated rings. The zero-order chi connectivity index (χ0) is 17.5. The third kappa shape index (κ3) is 5.46. The lowest BCUT2D eigenvalue weighted by atomic mass is 10.0. The number of halogens is 1. The quantitative estimate of drug-likeness (QED) is 0.770. The Labute approximate surface area is 152 Å². The topological polar surface area (TPSA) is 38.3 Å². The number of methoxy groups -OCH3 is 1. The van der Waals surface area contributed by atoms with Gasteiger partial charge in [-0.25, -0.2) is 0 Å². The van der Waals surface area contributed by atoms with Gasteiger partial charge >= 0.3 is 0 Å². The highest BCUT2D eigenvalue weighted by atomic mass is 35.5. The first kappa shape index (κ1) is 18.7. The second-order valence-corrected chi connectivity index (χ2v) is 7.08. The van der Waals surface area contributed by atoms with Gasteiger partial charge in [-0.2, -0.15) is 0 Å². The monoisotopic (exact) mass is 363 g/mol. The Morgan fingerprint density at radius 3 is 2.79 bits per heavy atom. The van der Waals surface area contributed by atoms with E-state index in [-0.39, 0.29) is 11.9 Å². The molecule has 0 radical (unpaired) electrons. The molecular formula is C19H22ClNO2S. The smallest absolute Gasteiger partial charge is 0.230 e. The largest absolute Gasteiger partial charge is 0.496 e. The number of amides is 1. The minimum atomic E-state index is -0.0980. The lowest BCUT2D eigenvalue weighted by Gasteiger charge is -2.18. The fourth-order valence-corrected chi connectivity index (χ4v) is 3.44. The van der Waals surface area contributed by atoms with Crippen molar-refractivity contribution in [3.8, 4) is 5.75 Å². The van der Waals surface area contributed by atoms with Crippen LogP contribution < -0.4 is 10.1 Å². The molecule has 0 bridgehead atoms. The minimum absolute atomic E-state index is 0.0121. The first-order valence-electron chi connectivity index (χ1n) is 7.75. The number of aryl methyl sites for hydroxylation is 1. The van der Waals surface area contributed by atoms with Crippen LogP contribution in [-0.4, -0.2) is 18.8 Å². The molecule has 1 N–H and O–H groups in total. The van der Waals surface area contributed by atoms with Gasteiger partial charge in [0.1, 0.15) is 5.75 Å². The van der Waals surface area contributed by atoms with E-state index < -0.39 is 0 Å². The zero-order valence-corrected chi connectivity index (χ0v) is 15.7. The van der Waals surface area contributed by atoms with Gasteiger partial charge < -0.3 is 10.1 Å². The highest BCUT2D eigenvalue weighted by Gasteiger charge is 2.14. The maximum atomic E-state index is 12.2. The molecule has 3 nitrogen and oxygen atoms in total. The summed E-state index contributed by atoms with van der Waals surface area (Å²) in [5.41, 5.74) is 3.25. The van der Waals surface area contributed by atoms with Crippen LogP contribution in [0, 0.1) is 6.92 Å². The van der Waals surface area contributed by atoms with Gasteiger partial charge in [-0.3, -0.25) is 4.79 Å². The first-order chi connectivity index (χ1) is 11.5. The van der Waals surface area contributed by atoms with Crippen molar-refractivity contribution < 1.29 is 9.53 Å². The van der Waals surface area contributed by atoms with Gasteiger partial charge in [0.25, 0.3) is 0 Å². The summed E-state index contributed by atoms with van der Waals surface area (Å²) in [6, 6.07) is 13.6. The Morgan fingerprint density at radius 1 is 1.29 bits per heavy atom. The van der Waals surface area contributed by atoms with Gasteiger partial charge in [-0.15, -0.1) is 11.8 Å². The molecule has 5 heteroatoms. The molecule has 0 aromatic heterocycles. The lowest BCUT2D eigenvalue weighted by Crippen LogP contribution is -2.28. The number of carbonyl (C=O) groups is 1. The van der Waals surface area contributed by atoms with E-state index in [1.165, 1.54) is 0 Å². The van der Waals surface area contributed by atoms with E-state index in [9.17, 15) is 4.79 Å². The Morgan fingerprint density at radius 2 is 2.08 bits per heavy atom. The highest BCUT2D eigenvalue weighted by Crippen LogP contribution is 2.26. The van der Waals surface area contributed by atoms with Crippen molar-refractivity contribution in [1.29, 1.82) is 0 Å². The van der Waals surface area contributed by atoms with E-state index in [4.69, 9.17) is 16.3 Å². The maximum Gasteiger partial charge on any atom is 0.230 e. The van der Waals surface area contributed by atoms with E-state index in [1.807, 2.05) is 56.3 Å². The Kier molecular flexibility index (Phi) is 7.00. The zero-order valence-electron chi connectivity index (χ0n) is 14.1. The van der Waals surface area contributed by atoms with Gasteiger partial charge in [0.2, 0.25) is 5.91 Å². The third-order valence-electron chi connectivity index (χ3n) is 3.62. The molecule has 0 aliphatic heterocycles. The van der Waals surface area contributed by atoms with Crippen molar-refractivity contribution in [3.05, 3.63) is 64.2 Å². The molecule has 128 valence electrons. The van der Waals surface area contributed by atoms with Crippen LogP contribution in [-0.2, 0) is 10.5 Å². The summed E-state index contributed by atoms with van der Waals surface area (Å²) in [4.78, 5) is 12.2. The predicted octanol–water partition coefficient (Wildman–Crippen LogP) is 4.77. The number of benzene rings is 2. The molecule has 1 atom stereocenters.